The monoisotopic (exact) mass is 482 g/mol. The molecule has 1 saturated heterocycles. The zero-order valence-electron chi connectivity index (χ0n) is 20.5. The van der Waals surface area contributed by atoms with Crippen molar-refractivity contribution >= 4 is 17.6 Å². The van der Waals surface area contributed by atoms with E-state index in [2.05, 4.69) is 34.1 Å². The number of aliphatic imine (C=N–C) groups is 1. The van der Waals surface area contributed by atoms with E-state index in [4.69, 9.17) is 14.5 Å². The van der Waals surface area contributed by atoms with Crippen molar-refractivity contribution in [1.29, 1.82) is 0 Å². The van der Waals surface area contributed by atoms with Gasteiger partial charge in [-0.2, -0.15) is 0 Å². The molecule has 7 heteroatoms. The fraction of sp³-hybridized carbons (Fsp3) is 0.310. The summed E-state index contributed by atoms with van der Waals surface area (Å²) in [4.78, 5) is 25.2. The lowest BCUT2D eigenvalue weighted by Gasteiger charge is -2.38. The van der Waals surface area contributed by atoms with Crippen molar-refractivity contribution in [3.8, 4) is 11.5 Å². The molecule has 0 saturated carbocycles. The maximum absolute atomic E-state index is 13.7. The van der Waals surface area contributed by atoms with Crippen LogP contribution in [-0.4, -0.2) is 60.7 Å². The highest BCUT2D eigenvalue weighted by Gasteiger charge is 2.39. The van der Waals surface area contributed by atoms with E-state index in [1.165, 1.54) is 5.56 Å². The van der Waals surface area contributed by atoms with Crippen LogP contribution in [0.15, 0.2) is 77.8 Å². The highest BCUT2D eigenvalue weighted by atomic mass is 16.7. The van der Waals surface area contributed by atoms with Gasteiger partial charge < -0.3 is 14.4 Å². The molecule has 1 amide bonds. The summed E-state index contributed by atoms with van der Waals surface area (Å²) in [6, 6.07) is 24.0. The molecule has 0 bridgehead atoms. The van der Waals surface area contributed by atoms with Gasteiger partial charge in [-0.15, -0.1) is 0 Å². The first-order valence-corrected chi connectivity index (χ1v) is 12.5. The summed E-state index contributed by atoms with van der Waals surface area (Å²) in [7, 11) is 0. The molecule has 0 radical (unpaired) electrons. The maximum atomic E-state index is 13.7. The van der Waals surface area contributed by atoms with Gasteiger partial charge in [0.1, 0.15) is 6.04 Å². The molecule has 36 heavy (non-hydrogen) atoms. The molecule has 1 atom stereocenters. The summed E-state index contributed by atoms with van der Waals surface area (Å²) in [5.74, 6) is 2.46. The molecule has 0 N–H and O–H groups in total. The first-order chi connectivity index (χ1) is 17.7. The smallest absolute Gasteiger partial charge is 0.259 e. The van der Waals surface area contributed by atoms with Crippen LogP contribution >= 0.6 is 0 Å². The molecule has 3 heterocycles. The minimum atomic E-state index is -0.409. The number of carbonyl (C=O) groups excluding carboxylic acids is 1. The van der Waals surface area contributed by atoms with Crippen LogP contribution in [0.4, 0.5) is 5.69 Å². The molecule has 184 valence electrons. The normalized spacial score (nSPS) is 19.6. The second-order valence-electron chi connectivity index (χ2n) is 9.55. The van der Waals surface area contributed by atoms with E-state index in [1.54, 1.807) is 0 Å². The Bertz CT molecular complexity index is 1280. The average molecular weight is 483 g/mol. The Balaban J connectivity index is 1.19. The standard InChI is InChI=1S/C29H30N4O3/c1-21-7-5-6-10-25(21)33-28(34)24(17-22-8-3-2-4-9-22)30-29(33)32-15-13-31(14-16-32)19-23-11-12-26-27(18-23)36-20-35-26/h2-12,18,24H,13-17,19-20H2,1H3. The van der Waals surface area contributed by atoms with Crippen LogP contribution in [-0.2, 0) is 17.8 Å². The van der Waals surface area contributed by atoms with Crippen LogP contribution in [0, 0.1) is 6.92 Å². The Morgan fingerprint density at radius 3 is 2.42 bits per heavy atom. The second kappa shape index (κ2) is 9.66. The number of rotatable bonds is 5. The Hall–Kier alpha value is -3.84. The topological polar surface area (TPSA) is 57.6 Å². The predicted octanol–water partition coefficient (Wildman–Crippen LogP) is 3.86. The fourth-order valence-electron chi connectivity index (χ4n) is 5.14. The van der Waals surface area contributed by atoms with E-state index in [1.807, 2.05) is 60.4 Å². The Morgan fingerprint density at radius 1 is 0.861 bits per heavy atom. The highest BCUT2D eigenvalue weighted by molar-refractivity contribution is 6.22. The van der Waals surface area contributed by atoms with Crippen LogP contribution < -0.4 is 14.4 Å². The van der Waals surface area contributed by atoms with Gasteiger partial charge in [-0.25, -0.2) is 9.89 Å². The van der Waals surface area contributed by atoms with Crippen molar-refractivity contribution in [1.82, 2.24) is 9.80 Å². The zero-order chi connectivity index (χ0) is 24.5. The summed E-state index contributed by atoms with van der Waals surface area (Å²) in [5.41, 5.74) is 4.32. The minimum Gasteiger partial charge on any atom is -0.454 e. The lowest BCUT2D eigenvalue weighted by Crippen LogP contribution is -2.53. The summed E-state index contributed by atoms with van der Waals surface area (Å²) in [6.45, 7) is 6.62. The number of para-hydroxylation sites is 1. The summed E-state index contributed by atoms with van der Waals surface area (Å²) in [5, 5.41) is 0. The van der Waals surface area contributed by atoms with Crippen LogP contribution in [0.5, 0.6) is 11.5 Å². The molecular weight excluding hydrogens is 452 g/mol. The number of ether oxygens (including phenoxy) is 2. The number of hydrogen-bond acceptors (Lipinski definition) is 6. The van der Waals surface area contributed by atoms with Gasteiger partial charge in [0.15, 0.2) is 11.5 Å². The van der Waals surface area contributed by atoms with Crippen molar-refractivity contribution in [3.63, 3.8) is 0 Å². The summed E-state index contributed by atoms with van der Waals surface area (Å²) >= 11 is 0. The molecule has 7 nitrogen and oxygen atoms in total. The van der Waals surface area contributed by atoms with Crippen molar-refractivity contribution < 1.29 is 14.3 Å². The third-order valence-electron chi connectivity index (χ3n) is 7.10. The highest BCUT2D eigenvalue weighted by Crippen LogP contribution is 2.33. The third-order valence-corrected chi connectivity index (χ3v) is 7.10. The second-order valence-corrected chi connectivity index (χ2v) is 9.55. The third kappa shape index (κ3) is 4.42. The SMILES string of the molecule is Cc1ccccc1N1C(=O)C(Cc2ccccc2)N=C1N1CCN(Cc2ccc3c(c2)OCO3)CC1. The summed E-state index contributed by atoms with van der Waals surface area (Å²) < 4.78 is 11.0. The number of guanidine groups is 1. The molecule has 0 spiro atoms. The molecule has 6 rings (SSSR count). The van der Waals surface area contributed by atoms with Crippen molar-refractivity contribution in [2.24, 2.45) is 4.99 Å². The number of amides is 1. The van der Waals surface area contributed by atoms with Gasteiger partial charge in [-0.3, -0.25) is 9.69 Å². The quantitative estimate of drug-likeness (QED) is 0.553. The van der Waals surface area contributed by atoms with E-state index in [-0.39, 0.29) is 5.91 Å². The fourth-order valence-corrected chi connectivity index (χ4v) is 5.14. The minimum absolute atomic E-state index is 0.0472. The van der Waals surface area contributed by atoms with Crippen LogP contribution in [0.2, 0.25) is 0 Å². The number of benzene rings is 3. The summed E-state index contributed by atoms with van der Waals surface area (Å²) in [6.07, 6.45) is 0.607. The first-order valence-electron chi connectivity index (χ1n) is 12.5. The number of carbonyl (C=O) groups is 1. The maximum Gasteiger partial charge on any atom is 0.259 e. The van der Waals surface area contributed by atoms with Gasteiger partial charge in [0.2, 0.25) is 12.8 Å². The Morgan fingerprint density at radius 2 is 1.61 bits per heavy atom. The zero-order valence-corrected chi connectivity index (χ0v) is 20.5. The van der Waals surface area contributed by atoms with Crippen molar-refractivity contribution in [2.45, 2.75) is 25.9 Å². The number of fused-ring (bicyclic) bond motifs is 1. The van der Waals surface area contributed by atoms with Crippen LogP contribution in [0.3, 0.4) is 0 Å². The number of piperazine rings is 1. The molecule has 3 aromatic carbocycles. The molecule has 1 fully saturated rings. The number of nitrogens with zero attached hydrogens (tertiary/aromatic N) is 4. The largest absolute Gasteiger partial charge is 0.454 e. The van der Waals surface area contributed by atoms with E-state index in [0.717, 1.165) is 67.0 Å². The Kier molecular flexibility index (Phi) is 6.07. The van der Waals surface area contributed by atoms with Gasteiger partial charge in [-0.05, 0) is 41.8 Å². The lowest BCUT2D eigenvalue weighted by atomic mass is 10.1. The van der Waals surface area contributed by atoms with Crippen molar-refractivity contribution in [2.75, 3.05) is 37.9 Å². The molecule has 3 aromatic rings. The molecule has 0 aliphatic carbocycles. The molecule has 0 aromatic heterocycles. The molecule has 3 aliphatic heterocycles. The molecule has 3 aliphatic rings. The van der Waals surface area contributed by atoms with Gasteiger partial charge in [-0.1, -0.05) is 54.6 Å². The van der Waals surface area contributed by atoms with Crippen LogP contribution in [0.25, 0.3) is 0 Å². The van der Waals surface area contributed by atoms with E-state index in [0.29, 0.717) is 13.2 Å². The predicted molar refractivity (Wildman–Crippen MR) is 139 cm³/mol. The van der Waals surface area contributed by atoms with E-state index < -0.39 is 6.04 Å². The number of hydrogen-bond donors (Lipinski definition) is 0. The number of aryl methyl sites for hydroxylation is 1. The lowest BCUT2D eigenvalue weighted by molar-refractivity contribution is -0.118. The molecule has 1 unspecified atom stereocenters. The van der Waals surface area contributed by atoms with Crippen LogP contribution in [0.1, 0.15) is 16.7 Å². The van der Waals surface area contributed by atoms with Gasteiger partial charge in [0.05, 0.1) is 5.69 Å². The van der Waals surface area contributed by atoms with Gasteiger partial charge in [0, 0.05) is 39.1 Å². The van der Waals surface area contributed by atoms with Crippen molar-refractivity contribution in [3.05, 3.63) is 89.5 Å². The Labute approximate surface area is 211 Å². The average Bonchev–Trinajstić information content (AvgIpc) is 3.50. The number of anilines is 1. The van der Waals surface area contributed by atoms with Gasteiger partial charge >= 0.3 is 0 Å². The molecular formula is C29H30N4O3. The van der Waals surface area contributed by atoms with Gasteiger partial charge in [0.25, 0.3) is 5.91 Å². The van der Waals surface area contributed by atoms with E-state index >= 15 is 0 Å². The first kappa shape index (κ1) is 22.6. The van der Waals surface area contributed by atoms with E-state index in [9.17, 15) is 4.79 Å².